The second kappa shape index (κ2) is 5.65. The Kier molecular flexibility index (Phi) is 3.96. The fourth-order valence-corrected chi connectivity index (χ4v) is 2.41. The third-order valence-corrected chi connectivity index (χ3v) is 3.43. The van der Waals surface area contributed by atoms with Crippen LogP contribution in [0.25, 0.3) is 0 Å². The molecule has 90 valence electrons. The molecule has 0 atom stereocenters. The maximum atomic E-state index is 13.7. The Morgan fingerprint density at radius 3 is 2.61 bits per heavy atom. The molecule has 0 saturated carbocycles. The molecule has 4 heteroatoms. The zero-order valence-electron chi connectivity index (χ0n) is 9.36. The molecule has 0 amide bonds. The summed E-state index contributed by atoms with van der Waals surface area (Å²) < 4.78 is 26.7. The van der Waals surface area contributed by atoms with E-state index >= 15 is 0 Å². The Morgan fingerprint density at radius 1 is 1.11 bits per heavy atom. The zero-order valence-corrected chi connectivity index (χ0v) is 10.2. The van der Waals surface area contributed by atoms with Gasteiger partial charge in [0.05, 0.1) is 5.56 Å². The molecule has 0 N–H and O–H groups in total. The second-order valence-corrected chi connectivity index (χ2v) is 4.69. The Labute approximate surface area is 108 Å². The Bertz CT molecular complexity index is 605. The number of nitrogens with zero attached hydrogens (tertiary/aromatic N) is 1. The van der Waals surface area contributed by atoms with Crippen LogP contribution in [0.1, 0.15) is 11.1 Å². The van der Waals surface area contributed by atoms with Crippen LogP contribution in [-0.2, 0) is 5.75 Å². The van der Waals surface area contributed by atoms with E-state index in [1.54, 1.807) is 30.3 Å². The molecule has 2 aromatic carbocycles. The lowest BCUT2D eigenvalue weighted by Gasteiger charge is -2.04. The van der Waals surface area contributed by atoms with Gasteiger partial charge in [0.1, 0.15) is 17.7 Å². The summed E-state index contributed by atoms with van der Waals surface area (Å²) in [6.45, 7) is 0. The van der Waals surface area contributed by atoms with Crippen LogP contribution in [0, 0.1) is 23.0 Å². The molecule has 0 aliphatic heterocycles. The predicted molar refractivity (Wildman–Crippen MR) is 67.1 cm³/mol. The van der Waals surface area contributed by atoms with Crippen molar-refractivity contribution in [3.05, 3.63) is 65.2 Å². The van der Waals surface area contributed by atoms with E-state index in [4.69, 9.17) is 5.26 Å². The van der Waals surface area contributed by atoms with Crippen LogP contribution >= 0.6 is 11.8 Å². The van der Waals surface area contributed by atoms with Gasteiger partial charge in [0.25, 0.3) is 0 Å². The van der Waals surface area contributed by atoms with Gasteiger partial charge in [0.15, 0.2) is 0 Å². The quantitative estimate of drug-likeness (QED) is 0.776. The van der Waals surface area contributed by atoms with E-state index in [0.29, 0.717) is 11.3 Å². The molecule has 0 aliphatic rings. The summed E-state index contributed by atoms with van der Waals surface area (Å²) in [6, 6.07) is 12.6. The number of benzene rings is 2. The molecule has 0 radical (unpaired) electrons. The largest absolute Gasteiger partial charge is 0.207 e. The van der Waals surface area contributed by atoms with Crippen molar-refractivity contribution in [2.45, 2.75) is 10.6 Å². The van der Waals surface area contributed by atoms with E-state index in [9.17, 15) is 8.78 Å². The summed E-state index contributed by atoms with van der Waals surface area (Å²) in [5.74, 6) is -0.444. The predicted octanol–water partition coefficient (Wildman–Crippen LogP) is 4.13. The standard InChI is InChI=1S/C14H9F2NS/c15-12-5-2-6-13(7-12)18-9-11-4-1-3-10(8-17)14(11)16/h1-7H,9H2. The first-order valence-corrected chi connectivity index (χ1v) is 6.25. The van der Waals surface area contributed by atoms with Gasteiger partial charge in [-0.05, 0) is 29.8 Å². The lowest BCUT2D eigenvalue weighted by atomic mass is 10.1. The molecule has 2 aromatic rings. The van der Waals surface area contributed by atoms with Crippen LogP contribution in [0.3, 0.4) is 0 Å². The molecule has 0 heterocycles. The smallest absolute Gasteiger partial charge is 0.144 e. The fraction of sp³-hybridized carbons (Fsp3) is 0.0714. The van der Waals surface area contributed by atoms with E-state index in [1.807, 2.05) is 0 Å². The monoisotopic (exact) mass is 261 g/mol. The van der Waals surface area contributed by atoms with Crippen molar-refractivity contribution in [1.82, 2.24) is 0 Å². The minimum atomic E-state index is -0.496. The molecular weight excluding hydrogens is 252 g/mol. The minimum absolute atomic E-state index is 0.0346. The van der Waals surface area contributed by atoms with Crippen LogP contribution in [0.2, 0.25) is 0 Å². The van der Waals surface area contributed by atoms with E-state index in [2.05, 4.69) is 0 Å². The molecule has 0 bridgehead atoms. The number of hydrogen-bond acceptors (Lipinski definition) is 2. The summed E-state index contributed by atoms with van der Waals surface area (Å²) >= 11 is 1.33. The van der Waals surface area contributed by atoms with Crippen LogP contribution in [-0.4, -0.2) is 0 Å². The van der Waals surface area contributed by atoms with E-state index in [1.165, 1.54) is 30.0 Å². The first kappa shape index (κ1) is 12.6. The zero-order chi connectivity index (χ0) is 13.0. The summed E-state index contributed by atoms with van der Waals surface area (Å²) in [6.07, 6.45) is 0. The topological polar surface area (TPSA) is 23.8 Å². The van der Waals surface area contributed by atoms with E-state index in [0.717, 1.165) is 4.90 Å². The Morgan fingerprint density at radius 2 is 1.89 bits per heavy atom. The average molecular weight is 261 g/mol. The molecule has 0 spiro atoms. The highest BCUT2D eigenvalue weighted by Crippen LogP contribution is 2.25. The highest BCUT2D eigenvalue weighted by atomic mass is 32.2. The highest BCUT2D eigenvalue weighted by Gasteiger charge is 2.07. The number of hydrogen-bond donors (Lipinski definition) is 0. The van der Waals surface area contributed by atoms with Crippen molar-refractivity contribution in [3.63, 3.8) is 0 Å². The molecular formula is C14H9F2NS. The van der Waals surface area contributed by atoms with E-state index in [-0.39, 0.29) is 11.4 Å². The molecule has 18 heavy (non-hydrogen) atoms. The highest BCUT2D eigenvalue weighted by molar-refractivity contribution is 7.98. The van der Waals surface area contributed by atoms with Crippen LogP contribution in [0.5, 0.6) is 0 Å². The van der Waals surface area contributed by atoms with Gasteiger partial charge < -0.3 is 0 Å². The maximum Gasteiger partial charge on any atom is 0.144 e. The fourth-order valence-electron chi connectivity index (χ4n) is 1.50. The van der Waals surface area contributed by atoms with Gasteiger partial charge in [-0.2, -0.15) is 5.26 Å². The summed E-state index contributed by atoms with van der Waals surface area (Å²) in [5.41, 5.74) is 0.482. The third kappa shape index (κ3) is 2.88. The van der Waals surface area contributed by atoms with Crippen molar-refractivity contribution in [3.8, 4) is 6.07 Å². The lowest BCUT2D eigenvalue weighted by molar-refractivity contribution is 0.613. The van der Waals surface area contributed by atoms with Crippen molar-refractivity contribution >= 4 is 11.8 Å². The van der Waals surface area contributed by atoms with Gasteiger partial charge in [-0.1, -0.05) is 18.2 Å². The van der Waals surface area contributed by atoms with Gasteiger partial charge in [-0.3, -0.25) is 0 Å². The maximum absolute atomic E-state index is 13.7. The van der Waals surface area contributed by atoms with E-state index < -0.39 is 5.82 Å². The normalized spacial score (nSPS) is 10.1. The molecule has 0 fully saturated rings. The van der Waals surface area contributed by atoms with Gasteiger partial charge in [-0.15, -0.1) is 11.8 Å². The molecule has 0 saturated heterocycles. The second-order valence-electron chi connectivity index (χ2n) is 3.64. The van der Waals surface area contributed by atoms with Crippen LogP contribution in [0.15, 0.2) is 47.4 Å². The third-order valence-electron chi connectivity index (χ3n) is 2.39. The Hall–Kier alpha value is -1.86. The lowest BCUT2D eigenvalue weighted by Crippen LogP contribution is -1.91. The van der Waals surface area contributed by atoms with Gasteiger partial charge >= 0.3 is 0 Å². The van der Waals surface area contributed by atoms with Crippen molar-refractivity contribution in [2.75, 3.05) is 0 Å². The summed E-state index contributed by atoms with van der Waals surface area (Å²) in [4.78, 5) is 0.733. The van der Waals surface area contributed by atoms with Gasteiger partial charge in [0, 0.05) is 10.6 Å². The summed E-state index contributed by atoms with van der Waals surface area (Å²) in [7, 11) is 0. The minimum Gasteiger partial charge on any atom is -0.207 e. The van der Waals surface area contributed by atoms with Crippen molar-refractivity contribution in [1.29, 1.82) is 5.26 Å². The number of halogens is 2. The van der Waals surface area contributed by atoms with Crippen LogP contribution < -0.4 is 0 Å². The van der Waals surface area contributed by atoms with Gasteiger partial charge in [0.2, 0.25) is 0 Å². The first-order chi connectivity index (χ1) is 8.70. The summed E-state index contributed by atoms with van der Waals surface area (Å²) in [5, 5.41) is 8.72. The Balaban J connectivity index is 2.14. The number of thioether (sulfide) groups is 1. The number of nitriles is 1. The number of rotatable bonds is 3. The molecule has 2 rings (SSSR count). The van der Waals surface area contributed by atoms with Crippen molar-refractivity contribution < 1.29 is 8.78 Å². The average Bonchev–Trinajstić information content (AvgIpc) is 2.38. The molecule has 0 unspecified atom stereocenters. The van der Waals surface area contributed by atoms with Gasteiger partial charge in [-0.25, -0.2) is 8.78 Å². The molecule has 0 aliphatic carbocycles. The first-order valence-electron chi connectivity index (χ1n) is 5.26. The SMILES string of the molecule is N#Cc1cccc(CSc2cccc(F)c2)c1F. The van der Waals surface area contributed by atoms with Crippen molar-refractivity contribution in [2.24, 2.45) is 0 Å². The molecule has 0 aromatic heterocycles. The molecule has 1 nitrogen and oxygen atoms in total. The van der Waals surface area contributed by atoms with Crippen LogP contribution in [0.4, 0.5) is 8.78 Å².